The van der Waals surface area contributed by atoms with E-state index in [1.807, 2.05) is 28.8 Å². The van der Waals surface area contributed by atoms with E-state index >= 15 is 0 Å². The van der Waals surface area contributed by atoms with Gasteiger partial charge in [0.1, 0.15) is 11.4 Å². The second-order valence-electron chi connectivity index (χ2n) is 9.43. The Bertz CT molecular complexity index is 1200. The van der Waals surface area contributed by atoms with Gasteiger partial charge in [-0.3, -0.25) is 9.59 Å². The number of carbonyl (C=O) groups excluding carboxylic acids is 2. The predicted molar refractivity (Wildman–Crippen MR) is 124 cm³/mol. The molecular weight excluding hydrogens is 419 g/mol. The molecule has 2 aromatic carbocycles. The van der Waals surface area contributed by atoms with Gasteiger partial charge in [0.15, 0.2) is 5.82 Å². The van der Waals surface area contributed by atoms with E-state index in [0.717, 1.165) is 31.2 Å². The number of carbonyl (C=O) groups is 2. The van der Waals surface area contributed by atoms with Crippen molar-refractivity contribution in [3.63, 3.8) is 0 Å². The van der Waals surface area contributed by atoms with Crippen LogP contribution in [-0.4, -0.2) is 37.8 Å². The number of imidazole rings is 1. The van der Waals surface area contributed by atoms with Gasteiger partial charge in [0.25, 0.3) is 5.91 Å². The van der Waals surface area contributed by atoms with Gasteiger partial charge in [-0.15, -0.1) is 0 Å². The Balaban J connectivity index is 1.55. The van der Waals surface area contributed by atoms with Crippen molar-refractivity contribution >= 4 is 22.8 Å². The average molecular weight is 449 g/mol. The van der Waals surface area contributed by atoms with Crippen LogP contribution < -0.4 is 5.32 Å². The molecule has 2 amide bonds. The number of para-hydroxylation sites is 2. The summed E-state index contributed by atoms with van der Waals surface area (Å²) in [6, 6.07) is 14.0. The highest BCUT2D eigenvalue weighted by atomic mass is 19.1. The Labute approximate surface area is 192 Å². The van der Waals surface area contributed by atoms with E-state index in [0.29, 0.717) is 11.1 Å². The molecule has 0 bridgehead atoms. The summed E-state index contributed by atoms with van der Waals surface area (Å²) in [5.74, 6) is -0.662. The zero-order chi connectivity index (χ0) is 23.0. The molecule has 1 aliphatic carbocycles. The van der Waals surface area contributed by atoms with Gasteiger partial charge >= 0.3 is 0 Å². The number of nitrogens with one attached hydrogen (secondary N) is 1. The van der Waals surface area contributed by atoms with Crippen molar-refractivity contribution in [3.8, 4) is 0 Å². The van der Waals surface area contributed by atoms with Crippen LogP contribution in [0.3, 0.4) is 0 Å². The Morgan fingerprint density at radius 2 is 1.79 bits per heavy atom. The summed E-state index contributed by atoms with van der Waals surface area (Å²) in [4.78, 5) is 33.5. The fraction of sp³-hybridized carbons (Fsp3) is 0.423. The van der Waals surface area contributed by atoms with Crippen LogP contribution in [0.5, 0.6) is 0 Å². The Hall–Kier alpha value is -3.22. The molecule has 0 spiro atoms. The normalized spacial score (nSPS) is 21.6. The van der Waals surface area contributed by atoms with Gasteiger partial charge in [0.2, 0.25) is 5.91 Å². The minimum Gasteiger partial charge on any atom is -0.351 e. The maximum Gasteiger partial charge on any atom is 0.291 e. The fourth-order valence-corrected chi connectivity index (χ4v) is 5.14. The predicted octanol–water partition coefficient (Wildman–Crippen LogP) is 4.43. The van der Waals surface area contributed by atoms with Crippen LogP contribution in [0.2, 0.25) is 0 Å². The molecule has 0 radical (unpaired) electrons. The summed E-state index contributed by atoms with van der Waals surface area (Å²) in [5, 5.41) is 3.23. The lowest BCUT2D eigenvalue weighted by Gasteiger charge is -2.44. The second-order valence-corrected chi connectivity index (χ2v) is 9.43. The lowest BCUT2D eigenvalue weighted by atomic mass is 9.93. The lowest BCUT2D eigenvalue weighted by Crippen LogP contribution is -2.64. The zero-order valence-electron chi connectivity index (χ0n) is 18.9. The first-order chi connectivity index (χ1) is 16.0. The third-order valence-corrected chi connectivity index (χ3v) is 7.12. The van der Waals surface area contributed by atoms with Gasteiger partial charge in [-0.05, 0) is 38.0 Å². The zero-order valence-corrected chi connectivity index (χ0v) is 18.9. The third kappa shape index (κ3) is 3.90. The monoisotopic (exact) mass is 448 g/mol. The van der Waals surface area contributed by atoms with Crippen LogP contribution in [0, 0.1) is 5.82 Å². The molecular formula is C26H29FN4O2. The van der Waals surface area contributed by atoms with Crippen molar-refractivity contribution in [2.45, 2.75) is 70.1 Å². The quantitative estimate of drug-likeness (QED) is 0.601. The number of nitrogens with zero attached hydrogens (tertiary/aromatic N) is 3. The highest BCUT2D eigenvalue weighted by Crippen LogP contribution is 2.32. The lowest BCUT2D eigenvalue weighted by molar-refractivity contribution is -0.134. The smallest absolute Gasteiger partial charge is 0.291 e. The van der Waals surface area contributed by atoms with Gasteiger partial charge in [0.05, 0.1) is 24.1 Å². The standard InChI is InChI=1S/C26H29FN4O2/c1-26(25(33)28-19-11-4-2-3-5-12-19)17-30-22-15-9-8-14-21(22)29-23(30)24(32)31(26)16-18-10-6-7-13-20(18)27/h6-10,13-15,19H,2-5,11-12,16-17H2,1H3,(H,28,33)/t26-/m1/s1. The summed E-state index contributed by atoms with van der Waals surface area (Å²) in [7, 11) is 0. The first-order valence-electron chi connectivity index (χ1n) is 11.8. The molecule has 0 unspecified atom stereocenters. The molecule has 1 aromatic heterocycles. The molecule has 1 fully saturated rings. The molecule has 1 aliphatic heterocycles. The average Bonchev–Trinajstić information content (AvgIpc) is 2.98. The molecule has 7 heteroatoms. The van der Waals surface area contributed by atoms with Gasteiger partial charge in [-0.1, -0.05) is 56.0 Å². The van der Waals surface area contributed by atoms with E-state index in [-0.39, 0.29) is 36.8 Å². The number of halogens is 1. The van der Waals surface area contributed by atoms with Crippen LogP contribution >= 0.6 is 0 Å². The fourth-order valence-electron chi connectivity index (χ4n) is 5.14. The first-order valence-corrected chi connectivity index (χ1v) is 11.8. The van der Waals surface area contributed by atoms with E-state index in [4.69, 9.17) is 0 Å². The largest absolute Gasteiger partial charge is 0.351 e. The highest BCUT2D eigenvalue weighted by Gasteiger charge is 2.49. The molecule has 0 saturated heterocycles. The van der Waals surface area contributed by atoms with E-state index in [1.165, 1.54) is 23.8 Å². The Kier molecular flexibility index (Phi) is 5.64. The third-order valence-electron chi connectivity index (χ3n) is 7.12. The molecule has 2 aliphatic rings. The summed E-state index contributed by atoms with van der Waals surface area (Å²) < 4.78 is 16.4. The molecule has 1 atom stereocenters. The van der Waals surface area contributed by atoms with Gasteiger partial charge in [-0.25, -0.2) is 9.37 Å². The number of hydrogen-bond donors (Lipinski definition) is 1. The number of benzene rings is 2. The molecule has 1 saturated carbocycles. The molecule has 172 valence electrons. The van der Waals surface area contributed by atoms with Crippen molar-refractivity contribution in [2.75, 3.05) is 0 Å². The maximum absolute atomic E-state index is 14.5. The van der Waals surface area contributed by atoms with Gasteiger partial charge < -0.3 is 14.8 Å². The SMILES string of the molecule is C[C@]1(C(=O)NC2CCCCCC2)Cn2c(nc3ccccc32)C(=O)N1Cc1ccccc1F. The van der Waals surface area contributed by atoms with Crippen molar-refractivity contribution in [3.05, 3.63) is 65.7 Å². The van der Waals surface area contributed by atoms with E-state index in [2.05, 4.69) is 10.3 Å². The second kappa shape index (κ2) is 8.61. The van der Waals surface area contributed by atoms with E-state index in [9.17, 15) is 14.0 Å². The van der Waals surface area contributed by atoms with Gasteiger partial charge in [-0.2, -0.15) is 0 Å². The molecule has 2 heterocycles. The van der Waals surface area contributed by atoms with Crippen LogP contribution in [0.15, 0.2) is 48.5 Å². The molecule has 5 rings (SSSR count). The van der Waals surface area contributed by atoms with Crippen molar-refractivity contribution in [1.29, 1.82) is 0 Å². The highest BCUT2D eigenvalue weighted by molar-refractivity contribution is 6.01. The number of amides is 2. The molecule has 6 nitrogen and oxygen atoms in total. The molecule has 1 N–H and O–H groups in total. The molecule has 3 aromatic rings. The Morgan fingerprint density at radius 3 is 2.55 bits per heavy atom. The number of rotatable bonds is 4. The summed E-state index contributed by atoms with van der Waals surface area (Å²) in [6.45, 7) is 2.06. The van der Waals surface area contributed by atoms with Crippen molar-refractivity contribution < 1.29 is 14.0 Å². The first kappa shape index (κ1) is 21.6. The maximum atomic E-state index is 14.5. The Morgan fingerprint density at radius 1 is 1.09 bits per heavy atom. The van der Waals surface area contributed by atoms with Crippen LogP contribution in [-0.2, 0) is 17.9 Å². The number of hydrogen-bond acceptors (Lipinski definition) is 3. The van der Waals surface area contributed by atoms with Gasteiger partial charge in [0, 0.05) is 11.6 Å². The van der Waals surface area contributed by atoms with Crippen LogP contribution in [0.25, 0.3) is 11.0 Å². The van der Waals surface area contributed by atoms with Crippen LogP contribution in [0.4, 0.5) is 4.39 Å². The van der Waals surface area contributed by atoms with E-state index in [1.54, 1.807) is 25.1 Å². The minimum absolute atomic E-state index is 0.00327. The summed E-state index contributed by atoms with van der Waals surface area (Å²) in [6.07, 6.45) is 6.45. The minimum atomic E-state index is -1.18. The summed E-state index contributed by atoms with van der Waals surface area (Å²) in [5.41, 5.74) is 0.728. The van der Waals surface area contributed by atoms with Crippen LogP contribution in [0.1, 0.15) is 61.6 Å². The van der Waals surface area contributed by atoms with E-state index < -0.39 is 11.4 Å². The van der Waals surface area contributed by atoms with Crippen molar-refractivity contribution in [2.24, 2.45) is 0 Å². The molecule has 33 heavy (non-hydrogen) atoms. The number of aromatic nitrogens is 2. The topological polar surface area (TPSA) is 67.2 Å². The number of fused-ring (bicyclic) bond motifs is 3. The summed E-state index contributed by atoms with van der Waals surface area (Å²) >= 11 is 0. The van der Waals surface area contributed by atoms with Crippen molar-refractivity contribution in [1.82, 2.24) is 19.8 Å².